The number of hydrogen-bond acceptors (Lipinski definition) is 4. The molecule has 0 aliphatic heterocycles. The van der Waals surface area contributed by atoms with Crippen molar-refractivity contribution in [3.8, 4) is 0 Å². The van der Waals surface area contributed by atoms with Crippen molar-refractivity contribution in [2.45, 2.75) is 49.7 Å². The van der Waals surface area contributed by atoms with Gasteiger partial charge in [0.25, 0.3) is 5.91 Å². The topological polar surface area (TPSA) is 55.4 Å². The van der Waals surface area contributed by atoms with Crippen LogP contribution in [0.4, 0.5) is 10.1 Å². The molecule has 7 heteroatoms. The number of halogens is 2. The zero-order chi connectivity index (χ0) is 21.2. The number of thioether (sulfide) groups is 1. The van der Waals surface area contributed by atoms with Crippen LogP contribution < -0.4 is 5.32 Å². The van der Waals surface area contributed by atoms with Crippen LogP contribution in [0.5, 0.6) is 0 Å². The SMILES string of the molecule is CCCCOC(=O)C(CCC)Sc1cc(NC(=O)c2ccccc2)c(F)cc1Cl. The first kappa shape index (κ1) is 23.2. The summed E-state index contributed by atoms with van der Waals surface area (Å²) in [5, 5.41) is 2.31. The highest BCUT2D eigenvalue weighted by atomic mass is 35.5. The Morgan fingerprint density at radius 3 is 2.55 bits per heavy atom. The van der Waals surface area contributed by atoms with E-state index in [1.165, 1.54) is 17.8 Å². The van der Waals surface area contributed by atoms with Gasteiger partial charge in [-0.15, -0.1) is 11.8 Å². The van der Waals surface area contributed by atoms with Crippen LogP contribution in [0.15, 0.2) is 47.4 Å². The zero-order valence-electron chi connectivity index (χ0n) is 16.5. The van der Waals surface area contributed by atoms with Crippen molar-refractivity contribution in [1.29, 1.82) is 0 Å². The van der Waals surface area contributed by atoms with Crippen molar-refractivity contribution in [3.05, 3.63) is 58.9 Å². The number of unbranched alkanes of at least 4 members (excludes halogenated alkanes) is 1. The summed E-state index contributed by atoms with van der Waals surface area (Å²) in [6.07, 6.45) is 3.14. The number of esters is 1. The van der Waals surface area contributed by atoms with Crippen molar-refractivity contribution >= 4 is 40.9 Å². The lowest BCUT2D eigenvalue weighted by Crippen LogP contribution is -2.21. The summed E-state index contributed by atoms with van der Waals surface area (Å²) in [5.74, 6) is -1.37. The van der Waals surface area contributed by atoms with E-state index in [-0.39, 0.29) is 16.7 Å². The predicted molar refractivity (Wildman–Crippen MR) is 116 cm³/mol. The molecule has 1 atom stereocenters. The normalized spacial score (nSPS) is 11.7. The van der Waals surface area contributed by atoms with E-state index in [2.05, 4.69) is 5.32 Å². The monoisotopic (exact) mass is 437 g/mol. The molecule has 0 bridgehead atoms. The van der Waals surface area contributed by atoms with Crippen LogP contribution >= 0.6 is 23.4 Å². The van der Waals surface area contributed by atoms with Gasteiger partial charge >= 0.3 is 5.97 Å². The van der Waals surface area contributed by atoms with Gasteiger partial charge < -0.3 is 10.1 Å². The molecule has 0 heterocycles. The average molecular weight is 438 g/mol. The van der Waals surface area contributed by atoms with Gasteiger partial charge in [-0.1, -0.05) is 56.5 Å². The fourth-order valence-electron chi connectivity index (χ4n) is 2.55. The molecule has 2 aromatic rings. The van der Waals surface area contributed by atoms with Gasteiger partial charge in [0.2, 0.25) is 0 Å². The molecule has 0 spiro atoms. The zero-order valence-corrected chi connectivity index (χ0v) is 18.1. The second kappa shape index (κ2) is 11.8. The number of anilines is 1. The molecule has 4 nitrogen and oxygen atoms in total. The first-order chi connectivity index (χ1) is 14.0. The van der Waals surface area contributed by atoms with Crippen molar-refractivity contribution in [2.24, 2.45) is 0 Å². The lowest BCUT2D eigenvalue weighted by atomic mass is 10.2. The van der Waals surface area contributed by atoms with E-state index in [1.807, 2.05) is 13.8 Å². The molecular weight excluding hydrogens is 413 g/mol. The Labute approximate surface area is 180 Å². The highest BCUT2D eigenvalue weighted by Gasteiger charge is 2.23. The predicted octanol–water partition coefficient (Wildman–Crippen LogP) is 6.34. The van der Waals surface area contributed by atoms with Crippen molar-refractivity contribution in [3.63, 3.8) is 0 Å². The first-order valence-electron chi connectivity index (χ1n) is 9.65. The van der Waals surface area contributed by atoms with Gasteiger partial charge in [-0.05, 0) is 37.1 Å². The van der Waals surface area contributed by atoms with Gasteiger partial charge in [0.1, 0.15) is 11.1 Å². The number of hydrogen-bond donors (Lipinski definition) is 1. The molecule has 1 N–H and O–H groups in total. The van der Waals surface area contributed by atoms with Gasteiger partial charge in [0, 0.05) is 10.5 Å². The first-order valence-corrected chi connectivity index (χ1v) is 10.9. The number of nitrogens with one attached hydrogen (secondary N) is 1. The van der Waals surface area contributed by atoms with Crippen LogP contribution in [0.2, 0.25) is 5.02 Å². The molecule has 2 aromatic carbocycles. The molecule has 29 heavy (non-hydrogen) atoms. The van der Waals surface area contributed by atoms with E-state index in [4.69, 9.17) is 16.3 Å². The third-order valence-electron chi connectivity index (χ3n) is 4.13. The molecule has 1 amide bonds. The van der Waals surface area contributed by atoms with Crippen LogP contribution in [0.3, 0.4) is 0 Å². The molecule has 0 aliphatic carbocycles. The summed E-state index contributed by atoms with van der Waals surface area (Å²) in [5.41, 5.74) is 0.430. The summed E-state index contributed by atoms with van der Waals surface area (Å²) in [6.45, 7) is 4.38. The molecule has 1 unspecified atom stereocenters. The Balaban J connectivity index is 2.17. The van der Waals surface area contributed by atoms with E-state index in [0.29, 0.717) is 23.5 Å². The fraction of sp³-hybridized carbons (Fsp3) is 0.364. The lowest BCUT2D eigenvalue weighted by molar-refractivity contribution is -0.143. The van der Waals surface area contributed by atoms with Gasteiger partial charge in [-0.25, -0.2) is 4.39 Å². The summed E-state index contributed by atoms with van der Waals surface area (Å²) in [4.78, 5) is 25.3. The third-order valence-corrected chi connectivity index (χ3v) is 5.86. The molecule has 0 fully saturated rings. The minimum absolute atomic E-state index is 0.0142. The largest absolute Gasteiger partial charge is 0.465 e. The maximum atomic E-state index is 14.4. The molecule has 156 valence electrons. The molecule has 0 aliphatic rings. The standard InChI is InChI=1S/C22H25ClFNO3S/c1-3-5-12-28-22(27)19(9-4-2)29-20-14-18(17(24)13-16(20)23)25-21(26)15-10-7-6-8-11-15/h6-8,10-11,13-14,19H,3-5,9,12H2,1-2H3,(H,25,26). The second-order valence-electron chi connectivity index (χ2n) is 6.50. The Morgan fingerprint density at radius 1 is 1.17 bits per heavy atom. The molecular formula is C22H25ClFNO3S. The summed E-state index contributed by atoms with van der Waals surface area (Å²) >= 11 is 7.43. The van der Waals surface area contributed by atoms with Crippen LogP contribution in [-0.4, -0.2) is 23.7 Å². The fourth-order valence-corrected chi connectivity index (χ4v) is 4.02. The van der Waals surface area contributed by atoms with Crippen molar-refractivity contribution in [1.82, 2.24) is 0 Å². The number of carbonyl (C=O) groups is 2. The smallest absolute Gasteiger partial charge is 0.319 e. The third kappa shape index (κ3) is 7.05. The Bertz CT molecular complexity index is 832. The number of amides is 1. The Kier molecular flexibility index (Phi) is 9.48. The number of benzene rings is 2. The molecule has 0 radical (unpaired) electrons. The molecule has 0 aromatic heterocycles. The van der Waals surface area contributed by atoms with E-state index in [1.54, 1.807) is 30.3 Å². The minimum atomic E-state index is -0.638. The molecule has 0 saturated heterocycles. The van der Waals surface area contributed by atoms with Gasteiger partial charge in [0.15, 0.2) is 0 Å². The van der Waals surface area contributed by atoms with Crippen LogP contribution in [0.1, 0.15) is 49.9 Å². The second-order valence-corrected chi connectivity index (χ2v) is 8.15. The van der Waals surface area contributed by atoms with Crippen molar-refractivity contribution in [2.75, 3.05) is 11.9 Å². The number of ether oxygens (including phenoxy) is 1. The average Bonchev–Trinajstić information content (AvgIpc) is 2.71. The van der Waals surface area contributed by atoms with E-state index >= 15 is 0 Å². The van der Waals surface area contributed by atoms with Crippen molar-refractivity contribution < 1.29 is 18.7 Å². The summed E-state index contributed by atoms with van der Waals surface area (Å²) in [7, 11) is 0. The highest BCUT2D eigenvalue weighted by molar-refractivity contribution is 8.00. The van der Waals surface area contributed by atoms with Gasteiger partial charge in [0.05, 0.1) is 17.3 Å². The molecule has 2 rings (SSSR count). The summed E-state index contributed by atoms with van der Waals surface area (Å²) < 4.78 is 19.7. The highest BCUT2D eigenvalue weighted by Crippen LogP contribution is 2.36. The maximum absolute atomic E-state index is 14.4. The summed E-state index contributed by atoms with van der Waals surface area (Å²) in [6, 6.07) is 11.1. The maximum Gasteiger partial charge on any atom is 0.319 e. The number of rotatable bonds is 10. The quantitative estimate of drug-likeness (QED) is 0.268. The van der Waals surface area contributed by atoms with Gasteiger partial charge in [-0.2, -0.15) is 0 Å². The van der Waals surface area contributed by atoms with Gasteiger partial charge in [-0.3, -0.25) is 9.59 Å². The number of carbonyl (C=O) groups excluding carboxylic acids is 2. The Hall–Kier alpha value is -2.05. The van der Waals surface area contributed by atoms with Crippen LogP contribution in [-0.2, 0) is 9.53 Å². The van der Waals surface area contributed by atoms with Crippen LogP contribution in [0.25, 0.3) is 0 Å². The van der Waals surface area contributed by atoms with E-state index in [9.17, 15) is 14.0 Å². The van der Waals surface area contributed by atoms with E-state index in [0.717, 1.165) is 25.3 Å². The minimum Gasteiger partial charge on any atom is -0.465 e. The van der Waals surface area contributed by atoms with E-state index < -0.39 is 17.0 Å². The molecule has 0 saturated carbocycles. The van der Waals surface area contributed by atoms with Crippen LogP contribution in [0, 0.1) is 5.82 Å². The Morgan fingerprint density at radius 2 is 1.90 bits per heavy atom. The lowest BCUT2D eigenvalue weighted by Gasteiger charge is -2.17.